The third kappa shape index (κ3) is 3.67. The summed E-state index contributed by atoms with van der Waals surface area (Å²) in [7, 11) is 0. The van der Waals surface area contributed by atoms with Crippen molar-refractivity contribution < 1.29 is 9.47 Å². The molecule has 0 saturated carbocycles. The van der Waals surface area contributed by atoms with Crippen LogP contribution in [0.1, 0.15) is 26.3 Å². The van der Waals surface area contributed by atoms with Crippen molar-refractivity contribution in [3.05, 3.63) is 29.8 Å². The highest BCUT2D eigenvalue weighted by Crippen LogP contribution is 2.18. The van der Waals surface area contributed by atoms with Crippen molar-refractivity contribution in [3.63, 3.8) is 0 Å². The zero-order valence-corrected chi connectivity index (χ0v) is 12.6. The van der Waals surface area contributed by atoms with Crippen molar-refractivity contribution in [3.8, 4) is 5.75 Å². The topological polar surface area (TPSA) is 21.7 Å². The van der Waals surface area contributed by atoms with Crippen LogP contribution in [0.4, 0.5) is 0 Å². The van der Waals surface area contributed by atoms with E-state index in [9.17, 15) is 0 Å². The molecule has 1 aliphatic rings. The number of hydrogen-bond acceptors (Lipinski definition) is 3. The minimum absolute atomic E-state index is 0.226. The summed E-state index contributed by atoms with van der Waals surface area (Å²) in [5.41, 5.74) is 1.07. The molecule has 1 saturated heterocycles. The average Bonchev–Trinajstić information content (AvgIpc) is 2.38. The molecule has 1 fully saturated rings. The third-order valence-corrected chi connectivity index (χ3v) is 3.61. The molecule has 0 unspecified atom stereocenters. The second kappa shape index (κ2) is 6.35. The SMILES string of the molecule is CCOc1ccc(C(=S)N2C[C@@H](C)O[C@H](C)C2)cc1. The molecule has 1 aliphatic heterocycles. The molecule has 3 nitrogen and oxygen atoms in total. The number of thiocarbonyl (C=S) groups is 1. The van der Waals surface area contributed by atoms with Gasteiger partial charge in [0.15, 0.2) is 0 Å². The quantitative estimate of drug-likeness (QED) is 0.793. The Morgan fingerprint density at radius 2 is 1.84 bits per heavy atom. The fourth-order valence-electron chi connectivity index (χ4n) is 2.39. The van der Waals surface area contributed by atoms with Gasteiger partial charge in [0.2, 0.25) is 0 Å². The summed E-state index contributed by atoms with van der Waals surface area (Å²) < 4.78 is 11.2. The maximum Gasteiger partial charge on any atom is 0.119 e. The van der Waals surface area contributed by atoms with E-state index in [1.165, 1.54) is 0 Å². The molecule has 1 aromatic carbocycles. The lowest BCUT2D eigenvalue weighted by Crippen LogP contribution is -2.47. The second-order valence-corrected chi connectivity index (χ2v) is 5.31. The van der Waals surface area contributed by atoms with E-state index in [1.807, 2.05) is 31.2 Å². The van der Waals surface area contributed by atoms with E-state index in [1.54, 1.807) is 0 Å². The lowest BCUT2D eigenvalue weighted by Gasteiger charge is -2.37. The smallest absolute Gasteiger partial charge is 0.119 e. The monoisotopic (exact) mass is 279 g/mol. The van der Waals surface area contributed by atoms with Gasteiger partial charge in [0.25, 0.3) is 0 Å². The van der Waals surface area contributed by atoms with Gasteiger partial charge in [0, 0.05) is 18.7 Å². The first-order valence-electron chi connectivity index (χ1n) is 6.77. The Morgan fingerprint density at radius 3 is 2.37 bits per heavy atom. The molecule has 104 valence electrons. The standard InChI is InChI=1S/C15H21NO2S/c1-4-17-14-7-5-13(6-8-14)15(19)16-9-11(2)18-12(3)10-16/h5-8,11-12H,4,9-10H2,1-3H3/t11-,12-/m1/s1. The first-order valence-corrected chi connectivity index (χ1v) is 7.18. The van der Waals surface area contributed by atoms with Crippen LogP contribution in [0.5, 0.6) is 5.75 Å². The number of morpholine rings is 1. The molecule has 0 bridgehead atoms. The Bertz CT molecular complexity index is 422. The van der Waals surface area contributed by atoms with Crippen molar-refractivity contribution in [1.29, 1.82) is 0 Å². The molecule has 0 radical (unpaired) electrons. The van der Waals surface area contributed by atoms with Crippen LogP contribution in [-0.4, -0.2) is 41.8 Å². The molecule has 2 rings (SSSR count). The van der Waals surface area contributed by atoms with Crippen LogP contribution in [-0.2, 0) is 4.74 Å². The van der Waals surface area contributed by atoms with Crippen molar-refractivity contribution in [2.45, 2.75) is 33.0 Å². The van der Waals surface area contributed by atoms with Gasteiger partial charge in [-0.15, -0.1) is 0 Å². The minimum Gasteiger partial charge on any atom is -0.494 e. The minimum atomic E-state index is 0.226. The van der Waals surface area contributed by atoms with E-state index in [4.69, 9.17) is 21.7 Å². The van der Waals surface area contributed by atoms with Gasteiger partial charge in [0.05, 0.1) is 18.8 Å². The molecule has 1 aromatic rings. The molecule has 19 heavy (non-hydrogen) atoms. The molecule has 0 N–H and O–H groups in total. The van der Waals surface area contributed by atoms with Gasteiger partial charge < -0.3 is 14.4 Å². The van der Waals surface area contributed by atoms with E-state index in [2.05, 4.69) is 18.7 Å². The van der Waals surface area contributed by atoms with Crippen molar-refractivity contribution in [2.24, 2.45) is 0 Å². The van der Waals surface area contributed by atoms with Crippen LogP contribution in [0.25, 0.3) is 0 Å². The molecule has 4 heteroatoms. The van der Waals surface area contributed by atoms with Gasteiger partial charge in [-0.05, 0) is 45.0 Å². The first kappa shape index (κ1) is 14.3. The Kier molecular flexibility index (Phi) is 4.77. The van der Waals surface area contributed by atoms with E-state index in [-0.39, 0.29) is 12.2 Å². The van der Waals surface area contributed by atoms with E-state index in [0.717, 1.165) is 29.4 Å². The van der Waals surface area contributed by atoms with Gasteiger partial charge in [-0.25, -0.2) is 0 Å². The Hall–Kier alpha value is -1.13. The maximum atomic E-state index is 5.73. The summed E-state index contributed by atoms with van der Waals surface area (Å²) in [6.07, 6.45) is 0.453. The molecule has 0 spiro atoms. The summed E-state index contributed by atoms with van der Waals surface area (Å²) in [6, 6.07) is 7.99. The average molecular weight is 279 g/mol. The summed E-state index contributed by atoms with van der Waals surface area (Å²) in [4.78, 5) is 3.12. The summed E-state index contributed by atoms with van der Waals surface area (Å²) in [5.74, 6) is 0.887. The van der Waals surface area contributed by atoms with Crippen LogP contribution in [0.15, 0.2) is 24.3 Å². The van der Waals surface area contributed by atoms with Gasteiger partial charge in [-0.3, -0.25) is 0 Å². The first-order chi connectivity index (χ1) is 9.10. The van der Waals surface area contributed by atoms with Gasteiger partial charge in [-0.2, -0.15) is 0 Å². The highest BCUT2D eigenvalue weighted by Gasteiger charge is 2.24. The van der Waals surface area contributed by atoms with Gasteiger partial charge >= 0.3 is 0 Å². The second-order valence-electron chi connectivity index (χ2n) is 4.92. The Morgan fingerprint density at radius 1 is 1.26 bits per heavy atom. The zero-order chi connectivity index (χ0) is 13.8. The molecular formula is C15H21NO2S. The van der Waals surface area contributed by atoms with Gasteiger partial charge in [0.1, 0.15) is 10.7 Å². The van der Waals surface area contributed by atoms with E-state index < -0.39 is 0 Å². The van der Waals surface area contributed by atoms with Crippen molar-refractivity contribution in [1.82, 2.24) is 4.90 Å². The molecule has 0 aliphatic carbocycles. The maximum absolute atomic E-state index is 5.73. The van der Waals surface area contributed by atoms with E-state index >= 15 is 0 Å². The highest BCUT2D eigenvalue weighted by atomic mass is 32.1. The highest BCUT2D eigenvalue weighted by molar-refractivity contribution is 7.80. The van der Waals surface area contributed by atoms with Crippen LogP contribution in [0.2, 0.25) is 0 Å². The summed E-state index contributed by atoms with van der Waals surface area (Å²) >= 11 is 5.58. The van der Waals surface area contributed by atoms with E-state index in [0.29, 0.717) is 6.61 Å². The van der Waals surface area contributed by atoms with Crippen molar-refractivity contribution in [2.75, 3.05) is 19.7 Å². The molecule has 2 atom stereocenters. The molecule has 1 heterocycles. The molecular weight excluding hydrogens is 258 g/mol. The van der Waals surface area contributed by atoms with Crippen LogP contribution < -0.4 is 4.74 Å². The van der Waals surface area contributed by atoms with Crippen LogP contribution in [0.3, 0.4) is 0 Å². The lowest BCUT2D eigenvalue weighted by molar-refractivity contribution is -0.0472. The third-order valence-electron chi connectivity index (χ3n) is 3.12. The Labute approximate surface area is 120 Å². The molecule has 0 amide bonds. The predicted molar refractivity (Wildman–Crippen MR) is 80.9 cm³/mol. The fraction of sp³-hybridized carbons (Fsp3) is 0.533. The van der Waals surface area contributed by atoms with Crippen LogP contribution in [0, 0.1) is 0 Å². The van der Waals surface area contributed by atoms with Crippen LogP contribution >= 0.6 is 12.2 Å². The summed E-state index contributed by atoms with van der Waals surface area (Å²) in [6.45, 7) is 8.55. The molecule has 0 aromatic heterocycles. The predicted octanol–water partition coefficient (Wildman–Crippen LogP) is 2.87. The summed E-state index contributed by atoms with van der Waals surface area (Å²) in [5, 5.41) is 0. The number of hydrogen-bond donors (Lipinski definition) is 0. The normalized spacial score (nSPS) is 23.2. The number of rotatable bonds is 3. The van der Waals surface area contributed by atoms with Crippen molar-refractivity contribution >= 4 is 17.2 Å². The zero-order valence-electron chi connectivity index (χ0n) is 11.8. The number of nitrogens with zero attached hydrogens (tertiary/aromatic N) is 1. The largest absolute Gasteiger partial charge is 0.494 e. The fourth-order valence-corrected chi connectivity index (χ4v) is 2.67. The lowest BCUT2D eigenvalue weighted by atomic mass is 10.1. The number of ether oxygens (including phenoxy) is 2. The number of benzene rings is 1. The van der Waals surface area contributed by atoms with Gasteiger partial charge in [-0.1, -0.05) is 12.2 Å². The Balaban J connectivity index is 2.06.